The van der Waals surface area contributed by atoms with Crippen LogP contribution in [0.3, 0.4) is 0 Å². The summed E-state index contributed by atoms with van der Waals surface area (Å²) < 4.78 is 0. The molecule has 2 aliphatic heterocycles. The van der Waals surface area contributed by atoms with Gasteiger partial charge >= 0.3 is 0 Å². The van der Waals surface area contributed by atoms with E-state index in [1.807, 2.05) is 18.3 Å². The van der Waals surface area contributed by atoms with Gasteiger partial charge in [0.1, 0.15) is 17.5 Å². The predicted molar refractivity (Wildman–Crippen MR) is 107 cm³/mol. The maximum absolute atomic E-state index is 4.89. The number of aromatic nitrogens is 3. The number of piperazine rings is 1. The van der Waals surface area contributed by atoms with E-state index in [1.165, 1.54) is 47.8 Å². The van der Waals surface area contributed by atoms with Crippen LogP contribution in [0.15, 0.2) is 6.07 Å². The highest BCUT2D eigenvalue weighted by Gasteiger charge is 2.25. The highest BCUT2D eigenvalue weighted by molar-refractivity contribution is 7.15. The lowest BCUT2D eigenvalue weighted by atomic mass is 10.3. The summed E-state index contributed by atoms with van der Waals surface area (Å²) in [5.74, 6) is 3.06. The minimum atomic E-state index is 0.878. The molecule has 0 amide bonds. The minimum absolute atomic E-state index is 0.878. The molecule has 0 spiro atoms. The molecule has 0 unspecified atom stereocenters. The van der Waals surface area contributed by atoms with Gasteiger partial charge in [0, 0.05) is 50.2 Å². The van der Waals surface area contributed by atoms with E-state index in [-0.39, 0.29) is 0 Å². The number of hydrogen-bond donors (Lipinski definition) is 0. The average molecular weight is 371 g/mol. The Morgan fingerprint density at radius 1 is 0.769 bits per heavy atom. The van der Waals surface area contributed by atoms with Gasteiger partial charge in [0.25, 0.3) is 0 Å². The van der Waals surface area contributed by atoms with Gasteiger partial charge in [0.15, 0.2) is 5.13 Å². The fraction of sp³-hybridized carbons (Fsp3) is 0.632. The quantitative estimate of drug-likeness (QED) is 0.828. The Kier molecular flexibility index (Phi) is 4.19. The Labute approximate surface area is 158 Å². The highest BCUT2D eigenvalue weighted by atomic mass is 32.1. The summed E-state index contributed by atoms with van der Waals surface area (Å²) >= 11 is 1.91. The van der Waals surface area contributed by atoms with E-state index in [0.29, 0.717) is 0 Å². The standard InChI is InChI=1S/C19H26N6S/c1-14-20-17(23-7-2-3-8-23)13-18(21-14)24-9-11-25(12-10-24)19-22-15-5-4-6-16(15)26-19/h13H,2-12H2,1H3. The summed E-state index contributed by atoms with van der Waals surface area (Å²) in [6, 6.07) is 2.19. The number of nitrogens with zero attached hydrogens (tertiary/aromatic N) is 6. The van der Waals surface area contributed by atoms with Gasteiger partial charge in [0.2, 0.25) is 0 Å². The van der Waals surface area contributed by atoms with Gasteiger partial charge in [0.05, 0.1) is 5.69 Å². The monoisotopic (exact) mass is 370 g/mol. The van der Waals surface area contributed by atoms with E-state index in [1.54, 1.807) is 0 Å². The molecule has 6 nitrogen and oxygen atoms in total. The molecular formula is C19H26N6S. The molecular weight excluding hydrogens is 344 g/mol. The molecule has 138 valence electrons. The van der Waals surface area contributed by atoms with Gasteiger partial charge in [-0.05, 0) is 39.0 Å². The number of hydrogen-bond acceptors (Lipinski definition) is 7. The Morgan fingerprint density at radius 3 is 2.12 bits per heavy atom. The summed E-state index contributed by atoms with van der Waals surface area (Å²) in [6.07, 6.45) is 6.23. The van der Waals surface area contributed by atoms with Gasteiger partial charge in [-0.3, -0.25) is 0 Å². The van der Waals surface area contributed by atoms with Crippen LogP contribution in [-0.4, -0.2) is 54.2 Å². The number of anilines is 3. The summed E-state index contributed by atoms with van der Waals surface area (Å²) in [7, 11) is 0. The second kappa shape index (κ2) is 6.68. The molecule has 0 atom stereocenters. The molecule has 0 N–H and O–H groups in total. The molecule has 7 heteroatoms. The zero-order valence-electron chi connectivity index (χ0n) is 15.4. The van der Waals surface area contributed by atoms with Crippen LogP contribution in [0, 0.1) is 6.92 Å². The molecule has 5 rings (SSSR count). The van der Waals surface area contributed by atoms with Crippen molar-refractivity contribution < 1.29 is 0 Å². The summed E-state index contributed by atoms with van der Waals surface area (Å²) in [6.45, 7) is 8.30. The SMILES string of the molecule is Cc1nc(N2CCCC2)cc(N2CCN(c3nc4c(s3)CCC4)CC2)n1. The molecule has 0 radical (unpaired) electrons. The fourth-order valence-corrected chi connectivity index (χ4v) is 5.45. The largest absolute Gasteiger partial charge is 0.356 e. The lowest BCUT2D eigenvalue weighted by Gasteiger charge is -2.35. The van der Waals surface area contributed by atoms with E-state index < -0.39 is 0 Å². The van der Waals surface area contributed by atoms with Crippen LogP contribution in [0.25, 0.3) is 0 Å². The van der Waals surface area contributed by atoms with Crippen LogP contribution in [-0.2, 0) is 12.8 Å². The topological polar surface area (TPSA) is 48.4 Å². The van der Waals surface area contributed by atoms with Crippen LogP contribution in [0.2, 0.25) is 0 Å². The number of rotatable bonds is 3. The summed E-state index contributed by atoms with van der Waals surface area (Å²) in [4.78, 5) is 23.1. The molecule has 1 aliphatic carbocycles. The molecule has 2 fully saturated rings. The first-order chi connectivity index (χ1) is 12.8. The van der Waals surface area contributed by atoms with Crippen molar-refractivity contribution in [1.82, 2.24) is 15.0 Å². The van der Waals surface area contributed by atoms with Crippen molar-refractivity contribution in [2.24, 2.45) is 0 Å². The van der Waals surface area contributed by atoms with Crippen molar-refractivity contribution in [2.45, 2.75) is 39.0 Å². The summed E-state index contributed by atoms with van der Waals surface area (Å²) in [5, 5.41) is 1.23. The first-order valence-corrected chi connectivity index (χ1v) is 10.7. The van der Waals surface area contributed by atoms with E-state index in [9.17, 15) is 0 Å². The molecule has 4 heterocycles. The number of fused-ring (bicyclic) bond motifs is 1. The van der Waals surface area contributed by atoms with Gasteiger partial charge in [-0.15, -0.1) is 11.3 Å². The Bertz CT molecular complexity index is 768. The third-order valence-corrected chi connectivity index (χ3v) is 6.92. The Balaban J connectivity index is 1.29. The third kappa shape index (κ3) is 3.02. The minimum Gasteiger partial charge on any atom is -0.356 e. The number of aryl methyl sites for hydroxylation is 3. The predicted octanol–water partition coefficient (Wildman–Crippen LogP) is 2.66. The van der Waals surface area contributed by atoms with E-state index in [2.05, 4.69) is 25.8 Å². The van der Waals surface area contributed by atoms with Crippen molar-refractivity contribution in [3.8, 4) is 0 Å². The zero-order chi connectivity index (χ0) is 17.5. The maximum atomic E-state index is 4.89. The van der Waals surface area contributed by atoms with Gasteiger partial charge in [-0.25, -0.2) is 15.0 Å². The molecule has 3 aliphatic rings. The van der Waals surface area contributed by atoms with Crippen molar-refractivity contribution in [1.29, 1.82) is 0 Å². The third-order valence-electron chi connectivity index (χ3n) is 5.70. The molecule has 2 aromatic rings. The molecule has 0 saturated carbocycles. The first-order valence-electron chi connectivity index (χ1n) is 9.85. The van der Waals surface area contributed by atoms with Crippen LogP contribution < -0.4 is 14.7 Å². The van der Waals surface area contributed by atoms with Crippen LogP contribution in [0.1, 0.15) is 35.7 Å². The van der Waals surface area contributed by atoms with Crippen molar-refractivity contribution in [3.05, 3.63) is 22.5 Å². The molecule has 2 saturated heterocycles. The molecule has 0 aromatic carbocycles. The smallest absolute Gasteiger partial charge is 0.185 e. The fourth-order valence-electron chi connectivity index (χ4n) is 4.25. The lowest BCUT2D eigenvalue weighted by molar-refractivity contribution is 0.643. The lowest BCUT2D eigenvalue weighted by Crippen LogP contribution is -2.47. The highest BCUT2D eigenvalue weighted by Crippen LogP contribution is 2.33. The van der Waals surface area contributed by atoms with Gasteiger partial charge in [-0.1, -0.05) is 0 Å². The van der Waals surface area contributed by atoms with Gasteiger partial charge in [-0.2, -0.15) is 0 Å². The number of thiazole rings is 1. The maximum Gasteiger partial charge on any atom is 0.185 e. The average Bonchev–Trinajstić information content (AvgIpc) is 3.38. The van der Waals surface area contributed by atoms with E-state index in [4.69, 9.17) is 9.97 Å². The molecule has 0 bridgehead atoms. The van der Waals surface area contributed by atoms with Crippen molar-refractivity contribution in [2.75, 3.05) is 54.0 Å². The Hall–Kier alpha value is -1.89. The summed E-state index contributed by atoms with van der Waals surface area (Å²) in [5.41, 5.74) is 1.36. The van der Waals surface area contributed by atoms with Crippen LogP contribution >= 0.6 is 11.3 Å². The van der Waals surface area contributed by atoms with Gasteiger partial charge < -0.3 is 14.7 Å². The van der Waals surface area contributed by atoms with E-state index >= 15 is 0 Å². The molecule has 26 heavy (non-hydrogen) atoms. The van der Waals surface area contributed by atoms with Crippen molar-refractivity contribution in [3.63, 3.8) is 0 Å². The zero-order valence-corrected chi connectivity index (χ0v) is 16.3. The van der Waals surface area contributed by atoms with E-state index in [0.717, 1.165) is 56.7 Å². The first kappa shape index (κ1) is 16.3. The van der Waals surface area contributed by atoms with Crippen LogP contribution in [0.5, 0.6) is 0 Å². The second-order valence-corrected chi connectivity index (χ2v) is 8.58. The van der Waals surface area contributed by atoms with Crippen LogP contribution in [0.4, 0.5) is 16.8 Å². The molecule has 2 aromatic heterocycles. The Morgan fingerprint density at radius 2 is 1.42 bits per heavy atom. The van der Waals surface area contributed by atoms with Crippen molar-refractivity contribution >= 4 is 28.1 Å². The normalized spacial score (nSPS) is 20.1. The second-order valence-electron chi connectivity index (χ2n) is 7.52.